The minimum Gasteiger partial charge on any atom is -0.326 e. The quantitative estimate of drug-likeness (QED) is 0.812. The molecule has 0 saturated carbocycles. The summed E-state index contributed by atoms with van der Waals surface area (Å²) in [5, 5.41) is 11.8. The van der Waals surface area contributed by atoms with Crippen molar-refractivity contribution in [1.29, 1.82) is 5.26 Å². The van der Waals surface area contributed by atoms with E-state index in [9.17, 15) is 4.79 Å². The number of hydrogen-bond donors (Lipinski definition) is 2. The summed E-state index contributed by atoms with van der Waals surface area (Å²) >= 11 is 0. The Morgan fingerprint density at radius 1 is 1.53 bits per heavy atom. The lowest BCUT2D eigenvalue weighted by atomic mass is 9.94. The number of fused-ring (bicyclic) bond motifs is 1. The van der Waals surface area contributed by atoms with E-state index in [1.807, 2.05) is 6.07 Å². The normalized spacial score (nSPS) is 16.0. The molecule has 4 heteroatoms. The third-order valence-corrected chi connectivity index (χ3v) is 3.34. The van der Waals surface area contributed by atoms with Crippen molar-refractivity contribution in [3.63, 3.8) is 0 Å². The van der Waals surface area contributed by atoms with Crippen LogP contribution in [0.3, 0.4) is 0 Å². The van der Waals surface area contributed by atoms with Crippen LogP contribution in [-0.2, 0) is 19.3 Å². The molecule has 0 aliphatic heterocycles. The Bertz CT molecular complexity index is 498. The fourth-order valence-electron chi connectivity index (χ4n) is 2.31. The Kier molecular flexibility index (Phi) is 3.60. The molecule has 1 atom stereocenters. The lowest BCUT2D eigenvalue weighted by Crippen LogP contribution is -2.29. The van der Waals surface area contributed by atoms with E-state index in [0.717, 1.165) is 25.0 Å². The van der Waals surface area contributed by atoms with Gasteiger partial charge in [-0.1, -0.05) is 0 Å². The number of nitrogens with one attached hydrogen (secondary N) is 2. The van der Waals surface area contributed by atoms with Gasteiger partial charge in [-0.15, -0.1) is 0 Å². The van der Waals surface area contributed by atoms with Gasteiger partial charge in [-0.2, -0.15) is 5.26 Å². The molecule has 0 radical (unpaired) electrons. The van der Waals surface area contributed by atoms with Gasteiger partial charge in [-0.3, -0.25) is 4.79 Å². The summed E-state index contributed by atoms with van der Waals surface area (Å²) in [6.07, 6.45) is 4.82. The average molecular weight is 231 g/mol. The van der Waals surface area contributed by atoms with Crippen LogP contribution in [0.15, 0.2) is 10.9 Å². The van der Waals surface area contributed by atoms with Crippen molar-refractivity contribution in [3.05, 3.63) is 33.2 Å². The molecule has 90 valence electrons. The zero-order valence-corrected chi connectivity index (χ0v) is 10.0. The van der Waals surface area contributed by atoms with Gasteiger partial charge in [0.1, 0.15) is 0 Å². The smallest absolute Gasteiger partial charge is 0.251 e. The van der Waals surface area contributed by atoms with Crippen molar-refractivity contribution in [1.82, 2.24) is 10.3 Å². The zero-order valence-electron chi connectivity index (χ0n) is 10.0. The molecule has 0 fully saturated rings. The number of hydrogen-bond acceptors (Lipinski definition) is 3. The van der Waals surface area contributed by atoms with Crippen LogP contribution in [0.1, 0.15) is 29.7 Å². The number of aryl methyl sites for hydroxylation is 2. The Morgan fingerprint density at radius 2 is 2.29 bits per heavy atom. The first-order valence-corrected chi connectivity index (χ1v) is 6.05. The highest BCUT2D eigenvalue weighted by atomic mass is 16.1. The van der Waals surface area contributed by atoms with E-state index in [2.05, 4.69) is 16.4 Å². The van der Waals surface area contributed by atoms with Crippen LogP contribution in [0, 0.1) is 11.3 Å². The van der Waals surface area contributed by atoms with Gasteiger partial charge in [0.05, 0.1) is 12.1 Å². The van der Waals surface area contributed by atoms with Crippen LogP contribution >= 0.6 is 0 Å². The van der Waals surface area contributed by atoms with E-state index < -0.39 is 0 Å². The van der Waals surface area contributed by atoms with Crippen molar-refractivity contribution in [2.45, 2.75) is 38.1 Å². The predicted molar refractivity (Wildman–Crippen MR) is 65.9 cm³/mol. The van der Waals surface area contributed by atoms with Crippen LogP contribution in [0.25, 0.3) is 0 Å². The summed E-state index contributed by atoms with van der Waals surface area (Å²) in [6, 6.07) is 3.83. The Labute approximate surface area is 101 Å². The second-order valence-corrected chi connectivity index (χ2v) is 4.51. The molecule has 0 saturated heterocycles. The summed E-state index contributed by atoms with van der Waals surface area (Å²) in [7, 11) is 1.74. The van der Waals surface area contributed by atoms with E-state index >= 15 is 0 Å². The van der Waals surface area contributed by atoms with Crippen molar-refractivity contribution in [2.75, 3.05) is 7.05 Å². The van der Waals surface area contributed by atoms with Gasteiger partial charge in [0.25, 0.3) is 5.56 Å². The van der Waals surface area contributed by atoms with E-state index in [1.165, 1.54) is 12.0 Å². The molecule has 1 aliphatic rings. The van der Waals surface area contributed by atoms with Gasteiger partial charge in [0.15, 0.2) is 0 Å². The third-order valence-electron chi connectivity index (χ3n) is 3.34. The monoisotopic (exact) mass is 231 g/mol. The highest BCUT2D eigenvalue weighted by Gasteiger charge is 2.14. The van der Waals surface area contributed by atoms with Gasteiger partial charge in [-0.05, 0) is 44.4 Å². The molecule has 17 heavy (non-hydrogen) atoms. The molecular weight excluding hydrogens is 214 g/mol. The van der Waals surface area contributed by atoms with Gasteiger partial charge in [-0.25, -0.2) is 0 Å². The number of aromatic nitrogens is 1. The molecule has 0 bridgehead atoms. The molecule has 1 unspecified atom stereocenters. The maximum atomic E-state index is 11.9. The molecule has 1 aromatic heterocycles. The lowest BCUT2D eigenvalue weighted by Gasteiger charge is -2.16. The average Bonchev–Trinajstić information content (AvgIpc) is 2.36. The first-order chi connectivity index (χ1) is 8.24. The standard InChI is InChI=1S/C13H17N3O/c1-15-11(8-14)7-10-6-9-4-2-3-5-12(9)16-13(10)17/h6,11,15H,2-5,7H2,1H3,(H,16,17). The molecule has 0 amide bonds. The zero-order chi connectivity index (χ0) is 12.3. The summed E-state index contributed by atoms with van der Waals surface area (Å²) in [4.78, 5) is 14.8. The number of likely N-dealkylation sites (N-methyl/N-ethyl adjacent to an activating group) is 1. The fraction of sp³-hybridized carbons (Fsp3) is 0.538. The van der Waals surface area contributed by atoms with Crippen LogP contribution in [0.5, 0.6) is 0 Å². The number of nitriles is 1. The topological polar surface area (TPSA) is 68.7 Å². The minimum atomic E-state index is -0.294. The van der Waals surface area contributed by atoms with Crippen molar-refractivity contribution in [2.24, 2.45) is 0 Å². The Hall–Kier alpha value is -1.60. The molecule has 2 N–H and O–H groups in total. The van der Waals surface area contributed by atoms with Crippen molar-refractivity contribution < 1.29 is 0 Å². The van der Waals surface area contributed by atoms with Crippen LogP contribution in [0.4, 0.5) is 0 Å². The predicted octanol–water partition coefficient (Wildman–Crippen LogP) is 0.908. The minimum absolute atomic E-state index is 0.0406. The van der Waals surface area contributed by atoms with Crippen molar-refractivity contribution >= 4 is 0 Å². The van der Waals surface area contributed by atoms with E-state index in [1.54, 1.807) is 7.05 Å². The summed E-state index contributed by atoms with van der Waals surface area (Å²) in [5.74, 6) is 0. The van der Waals surface area contributed by atoms with Crippen LogP contribution in [0.2, 0.25) is 0 Å². The molecule has 0 spiro atoms. The maximum Gasteiger partial charge on any atom is 0.251 e. The van der Waals surface area contributed by atoms with Gasteiger partial charge >= 0.3 is 0 Å². The summed E-state index contributed by atoms with van der Waals surface area (Å²) in [6.45, 7) is 0. The Balaban J connectivity index is 2.29. The van der Waals surface area contributed by atoms with Crippen molar-refractivity contribution in [3.8, 4) is 6.07 Å². The SMILES string of the molecule is CNC(C#N)Cc1cc2c([nH]c1=O)CCCC2. The third kappa shape index (κ3) is 2.56. The lowest BCUT2D eigenvalue weighted by molar-refractivity contribution is 0.647. The molecule has 0 aromatic carbocycles. The first kappa shape index (κ1) is 11.9. The van der Waals surface area contributed by atoms with Gasteiger partial charge in [0.2, 0.25) is 0 Å². The number of aromatic amines is 1. The molecule has 1 aliphatic carbocycles. The maximum absolute atomic E-state index is 11.9. The summed E-state index contributed by atoms with van der Waals surface area (Å²) < 4.78 is 0. The van der Waals surface area contributed by atoms with E-state index in [0.29, 0.717) is 12.0 Å². The second-order valence-electron chi connectivity index (χ2n) is 4.51. The largest absolute Gasteiger partial charge is 0.326 e. The summed E-state index contributed by atoms with van der Waals surface area (Å²) in [5.41, 5.74) is 3.01. The van der Waals surface area contributed by atoms with Crippen LogP contribution < -0.4 is 10.9 Å². The second kappa shape index (κ2) is 5.15. The number of pyridine rings is 1. The molecule has 1 aromatic rings. The molecule has 1 heterocycles. The first-order valence-electron chi connectivity index (χ1n) is 6.05. The van der Waals surface area contributed by atoms with Crippen LogP contribution in [-0.4, -0.2) is 18.1 Å². The van der Waals surface area contributed by atoms with E-state index in [-0.39, 0.29) is 11.6 Å². The molecule has 2 rings (SSSR count). The highest BCUT2D eigenvalue weighted by Crippen LogP contribution is 2.18. The fourth-order valence-corrected chi connectivity index (χ4v) is 2.31. The van der Waals surface area contributed by atoms with Gasteiger partial charge in [0, 0.05) is 17.7 Å². The van der Waals surface area contributed by atoms with Gasteiger partial charge < -0.3 is 10.3 Å². The van der Waals surface area contributed by atoms with E-state index in [4.69, 9.17) is 5.26 Å². The highest BCUT2D eigenvalue weighted by molar-refractivity contribution is 5.28. The molecule has 4 nitrogen and oxygen atoms in total. The number of nitrogens with zero attached hydrogens (tertiary/aromatic N) is 1. The Morgan fingerprint density at radius 3 is 3.00 bits per heavy atom. The number of rotatable bonds is 3. The molecular formula is C13H17N3O. The number of H-pyrrole nitrogens is 1.